The molecule has 1 fully saturated rings. The van der Waals surface area contributed by atoms with Crippen LogP contribution in [0.25, 0.3) is 0 Å². The SMILES string of the molecule is COc1c(C)cnc(CN2CCC(NC(=O)OC(C)(C)C)CC2)c1C. The predicted octanol–water partition coefficient (Wildman–Crippen LogP) is 3.20. The summed E-state index contributed by atoms with van der Waals surface area (Å²) >= 11 is 0. The van der Waals surface area contributed by atoms with Gasteiger partial charge in [-0.1, -0.05) is 0 Å². The Morgan fingerprint density at radius 3 is 2.52 bits per heavy atom. The Bertz CT molecular complexity index is 603. The van der Waals surface area contributed by atoms with Gasteiger partial charge in [-0.25, -0.2) is 4.79 Å². The molecule has 0 saturated carbocycles. The van der Waals surface area contributed by atoms with Crippen molar-refractivity contribution in [1.82, 2.24) is 15.2 Å². The summed E-state index contributed by atoms with van der Waals surface area (Å²) in [6, 6.07) is 0.174. The van der Waals surface area contributed by atoms with E-state index in [0.717, 1.165) is 55.0 Å². The maximum atomic E-state index is 11.9. The second-order valence-corrected chi connectivity index (χ2v) is 7.74. The third kappa shape index (κ3) is 5.59. The lowest BCUT2D eigenvalue weighted by atomic mass is 10.0. The van der Waals surface area contributed by atoms with Crippen LogP contribution in [0.1, 0.15) is 50.4 Å². The number of pyridine rings is 1. The zero-order chi connectivity index (χ0) is 18.6. The zero-order valence-electron chi connectivity index (χ0n) is 16.3. The first-order valence-electron chi connectivity index (χ1n) is 8.90. The van der Waals surface area contributed by atoms with Crippen molar-refractivity contribution in [3.05, 3.63) is 23.0 Å². The summed E-state index contributed by atoms with van der Waals surface area (Å²) < 4.78 is 10.8. The molecule has 1 amide bonds. The Balaban J connectivity index is 1.86. The van der Waals surface area contributed by atoms with Gasteiger partial charge in [0.2, 0.25) is 0 Å². The first-order valence-corrected chi connectivity index (χ1v) is 8.90. The summed E-state index contributed by atoms with van der Waals surface area (Å²) in [5.74, 6) is 0.923. The molecule has 6 nitrogen and oxygen atoms in total. The van der Waals surface area contributed by atoms with E-state index < -0.39 is 5.60 Å². The Labute approximate surface area is 150 Å². The number of carbonyl (C=O) groups is 1. The number of nitrogens with one attached hydrogen (secondary N) is 1. The Morgan fingerprint density at radius 2 is 1.96 bits per heavy atom. The number of aryl methyl sites for hydroxylation is 1. The number of amides is 1. The fraction of sp³-hybridized carbons (Fsp3) is 0.684. The number of carbonyl (C=O) groups excluding carboxylic acids is 1. The molecule has 0 aliphatic carbocycles. The van der Waals surface area contributed by atoms with Gasteiger partial charge in [0.05, 0.1) is 12.8 Å². The van der Waals surface area contributed by atoms with Crippen LogP contribution in [-0.2, 0) is 11.3 Å². The van der Waals surface area contributed by atoms with Gasteiger partial charge in [0.1, 0.15) is 11.4 Å². The third-order valence-electron chi connectivity index (χ3n) is 4.43. The number of methoxy groups -OCH3 is 1. The molecule has 2 heterocycles. The van der Waals surface area contributed by atoms with Crippen LogP contribution in [0.5, 0.6) is 5.75 Å². The maximum Gasteiger partial charge on any atom is 0.407 e. The molecule has 0 radical (unpaired) electrons. The molecule has 6 heteroatoms. The van der Waals surface area contributed by atoms with Crippen molar-refractivity contribution in [2.24, 2.45) is 0 Å². The Kier molecular flexibility index (Phi) is 6.27. The van der Waals surface area contributed by atoms with Gasteiger partial charge >= 0.3 is 6.09 Å². The summed E-state index contributed by atoms with van der Waals surface area (Å²) in [7, 11) is 1.70. The molecule has 1 N–H and O–H groups in total. The summed E-state index contributed by atoms with van der Waals surface area (Å²) in [5, 5.41) is 2.97. The number of alkyl carbamates (subject to hydrolysis) is 1. The van der Waals surface area contributed by atoms with Crippen LogP contribution >= 0.6 is 0 Å². The molecule has 1 aliphatic heterocycles. The lowest BCUT2D eigenvalue weighted by Crippen LogP contribution is -2.46. The molecule has 0 atom stereocenters. The minimum absolute atomic E-state index is 0.174. The van der Waals surface area contributed by atoms with Crippen molar-refractivity contribution in [3.63, 3.8) is 0 Å². The summed E-state index contributed by atoms with van der Waals surface area (Å²) in [6.45, 7) is 12.4. The molecule has 2 rings (SSSR count). The average molecular weight is 349 g/mol. The minimum Gasteiger partial charge on any atom is -0.496 e. The smallest absolute Gasteiger partial charge is 0.407 e. The quantitative estimate of drug-likeness (QED) is 0.904. The molecule has 1 aromatic rings. The average Bonchev–Trinajstić information content (AvgIpc) is 2.50. The van der Waals surface area contributed by atoms with Crippen molar-refractivity contribution >= 4 is 6.09 Å². The van der Waals surface area contributed by atoms with E-state index in [1.807, 2.05) is 33.9 Å². The monoisotopic (exact) mass is 349 g/mol. The largest absolute Gasteiger partial charge is 0.496 e. The van der Waals surface area contributed by atoms with Crippen LogP contribution < -0.4 is 10.1 Å². The normalized spacial score (nSPS) is 16.6. The lowest BCUT2D eigenvalue weighted by molar-refractivity contribution is 0.0477. The molecule has 140 valence electrons. The molecular formula is C19H31N3O3. The van der Waals surface area contributed by atoms with Crippen LogP contribution in [-0.4, -0.2) is 47.8 Å². The van der Waals surface area contributed by atoms with E-state index in [9.17, 15) is 4.79 Å². The highest BCUT2D eigenvalue weighted by Crippen LogP contribution is 2.25. The zero-order valence-corrected chi connectivity index (χ0v) is 16.3. The Hall–Kier alpha value is -1.82. The number of rotatable bonds is 4. The molecule has 0 unspecified atom stereocenters. The van der Waals surface area contributed by atoms with Gasteiger partial charge < -0.3 is 14.8 Å². The molecule has 1 saturated heterocycles. The molecule has 25 heavy (non-hydrogen) atoms. The van der Waals surface area contributed by atoms with E-state index in [1.54, 1.807) is 7.11 Å². The van der Waals surface area contributed by atoms with Crippen LogP contribution in [0.3, 0.4) is 0 Å². The van der Waals surface area contributed by atoms with Crippen LogP contribution in [0.2, 0.25) is 0 Å². The highest BCUT2D eigenvalue weighted by Gasteiger charge is 2.24. The van der Waals surface area contributed by atoms with Crippen molar-refractivity contribution in [2.45, 2.75) is 65.6 Å². The number of likely N-dealkylation sites (tertiary alicyclic amines) is 1. The van der Waals surface area contributed by atoms with Gasteiger partial charge in [-0.15, -0.1) is 0 Å². The van der Waals surface area contributed by atoms with E-state index in [-0.39, 0.29) is 12.1 Å². The fourth-order valence-corrected chi connectivity index (χ4v) is 3.15. The highest BCUT2D eigenvalue weighted by atomic mass is 16.6. The van der Waals surface area contributed by atoms with Gasteiger partial charge in [0, 0.05) is 43.0 Å². The topological polar surface area (TPSA) is 63.7 Å². The molecule has 0 bridgehead atoms. The van der Waals surface area contributed by atoms with Crippen molar-refractivity contribution in [3.8, 4) is 5.75 Å². The number of nitrogens with zero attached hydrogens (tertiary/aromatic N) is 2. The number of hydrogen-bond donors (Lipinski definition) is 1. The molecular weight excluding hydrogens is 318 g/mol. The fourth-order valence-electron chi connectivity index (χ4n) is 3.15. The highest BCUT2D eigenvalue weighted by molar-refractivity contribution is 5.68. The summed E-state index contributed by atoms with van der Waals surface area (Å²) in [6.07, 6.45) is 3.38. The van der Waals surface area contributed by atoms with Crippen LogP contribution in [0.15, 0.2) is 6.20 Å². The van der Waals surface area contributed by atoms with Gasteiger partial charge in [-0.2, -0.15) is 0 Å². The van der Waals surface area contributed by atoms with E-state index >= 15 is 0 Å². The van der Waals surface area contributed by atoms with E-state index in [0.29, 0.717) is 0 Å². The van der Waals surface area contributed by atoms with Crippen molar-refractivity contribution in [2.75, 3.05) is 20.2 Å². The number of piperidine rings is 1. The second-order valence-electron chi connectivity index (χ2n) is 7.74. The Morgan fingerprint density at radius 1 is 1.32 bits per heavy atom. The lowest BCUT2D eigenvalue weighted by Gasteiger charge is -2.33. The van der Waals surface area contributed by atoms with Crippen LogP contribution in [0, 0.1) is 13.8 Å². The van der Waals surface area contributed by atoms with Gasteiger partial charge in [0.15, 0.2) is 0 Å². The third-order valence-corrected chi connectivity index (χ3v) is 4.43. The van der Waals surface area contributed by atoms with Gasteiger partial charge in [-0.05, 0) is 47.5 Å². The van der Waals surface area contributed by atoms with Crippen molar-refractivity contribution in [1.29, 1.82) is 0 Å². The van der Waals surface area contributed by atoms with Gasteiger partial charge in [-0.3, -0.25) is 9.88 Å². The van der Waals surface area contributed by atoms with E-state index in [1.165, 1.54) is 0 Å². The van der Waals surface area contributed by atoms with Gasteiger partial charge in [0.25, 0.3) is 0 Å². The maximum absolute atomic E-state index is 11.9. The molecule has 1 aliphatic rings. The summed E-state index contributed by atoms with van der Waals surface area (Å²) in [5.41, 5.74) is 2.76. The standard InChI is InChI=1S/C19H31N3O3/c1-13-11-20-16(14(2)17(13)24-6)12-22-9-7-15(8-10-22)21-18(23)25-19(3,4)5/h11,15H,7-10,12H2,1-6H3,(H,21,23). The second kappa shape index (κ2) is 8.04. The van der Waals surface area contributed by atoms with Crippen LogP contribution in [0.4, 0.5) is 4.79 Å². The number of ether oxygens (including phenoxy) is 2. The molecule has 0 aromatic carbocycles. The molecule has 1 aromatic heterocycles. The number of hydrogen-bond acceptors (Lipinski definition) is 5. The first kappa shape index (κ1) is 19.5. The molecule has 0 spiro atoms. The minimum atomic E-state index is -0.460. The number of aromatic nitrogens is 1. The predicted molar refractivity (Wildman–Crippen MR) is 97.9 cm³/mol. The summed E-state index contributed by atoms with van der Waals surface area (Å²) in [4.78, 5) is 18.8. The van der Waals surface area contributed by atoms with E-state index in [4.69, 9.17) is 9.47 Å². The first-order chi connectivity index (χ1) is 11.7. The van der Waals surface area contributed by atoms with Crippen molar-refractivity contribution < 1.29 is 14.3 Å². The van der Waals surface area contributed by atoms with E-state index in [2.05, 4.69) is 22.1 Å².